The van der Waals surface area contributed by atoms with Crippen molar-refractivity contribution < 1.29 is 9.31 Å². The molecule has 3 heteroatoms. The van der Waals surface area contributed by atoms with Gasteiger partial charge in [0, 0.05) is 6.32 Å². The van der Waals surface area contributed by atoms with Gasteiger partial charge < -0.3 is 9.31 Å². The fraction of sp³-hybridized carbons (Fsp3) is 0.455. The highest BCUT2D eigenvalue weighted by Crippen LogP contribution is 2.24. The minimum absolute atomic E-state index is 0.121. The van der Waals surface area contributed by atoms with E-state index in [-0.39, 0.29) is 19.3 Å². The Morgan fingerprint density at radius 3 is 1.79 bits per heavy atom. The molecule has 0 radical (unpaired) electrons. The third-order valence-electron chi connectivity index (χ3n) is 2.22. The highest BCUT2D eigenvalue weighted by Gasteiger charge is 2.36. The average Bonchev–Trinajstić information content (AvgIpc) is 2.50. The van der Waals surface area contributed by atoms with Gasteiger partial charge in [0.1, 0.15) is 0 Å². The molecule has 1 fully saturated rings. The molecule has 1 aliphatic heterocycles. The van der Waals surface area contributed by atoms with E-state index in [0.717, 1.165) is 19.2 Å². The second-order valence-electron chi connectivity index (χ2n) is 3.35. The minimum atomic E-state index is -0.137. The Balaban J connectivity index is 2.49. The van der Waals surface area contributed by atoms with Crippen molar-refractivity contribution in [1.29, 1.82) is 0 Å². The van der Waals surface area contributed by atoms with Gasteiger partial charge in [-0.25, -0.2) is 0 Å². The Morgan fingerprint density at radius 1 is 0.929 bits per heavy atom. The lowest BCUT2D eigenvalue weighted by molar-refractivity contribution is 0.160. The molecular weight excluding hydrogens is 175 g/mol. The van der Waals surface area contributed by atoms with Crippen molar-refractivity contribution >= 4 is 7.12 Å². The van der Waals surface area contributed by atoms with E-state index in [1.165, 1.54) is 0 Å². The smallest absolute Gasteiger partial charge is 0.405 e. The van der Waals surface area contributed by atoms with Crippen LogP contribution in [0.25, 0.3) is 0 Å². The Hall–Kier alpha value is -0.795. The lowest BCUT2D eigenvalue weighted by Gasteiger charge is -2.14. The van der Waals surface area contributed by atoms with Crippen LogP contribution in [-0.4, -0.2) is 19.3 Å². The number of rotatable bonds is 6. The van der Waals surface area contributed by atoms with Gasteiger partial charge in [-0.2, -0.15) is 0 Å². The van der Waals surface area contributed by atoms with Crippen LogP contribution in [-0.2, 0) is 9.31 Å². The molecule has 0 amide bonds. The van der Waals surface area contributed by atoms with E-state index in [1.807, 2.05) is 18.2 Å². The molecule has 1 aliphatic rings. The van der Waals surface area contributed by atoms with Gasteiger partial charge in [0.15, 0.2) is 0 Å². The molecule has 2 atom stereocenters. The second-order valence-corrected chi connectivity index (χ2v) is 3.35. The van der Waals surface area contributed by atoms with Crippen molar-refractivity contribution in [2.75, 3.05) is 0 Å². The van der Waals surface area contributed by atoms with Crippen LogP contribution in [0, 0.1) is 0 Å². The van der Waals surface area contributed by atoms with Crippen LogP contribution in [0.3, 0.4) is 0 Å². The molecule has 0 aromatic heterocycles. The van der Waals surface area contributed by atoms with Crippen LogP contribution in [0.15, 0.2) is 38.0 Å². The van der Waals surface area contributed by atoms with Gasteiger partial charge in [-0.3, -0.25) is 0 Å². The number of hydrogen-bond acceptors (Lipinski definition) is 2. The van der Waals surface area contributed by atoms with Gasteiger partial charge in [0.25, 0.3) is 0 Å². The van der Waals surface area contributed by atoms with Crippen LogP contribution >= 0.6 is 0 Å². The predicted molar refractivity (Wildman–Crippen MR) is 60.1 cm³/mol. The topological polar surface area (TPSA) is 18.5 Å². The summed E-state index contributed by atoms with van der Waals surface area (Å²) >= 11 is 0. The Bertz CT molecular complexity index is 197. The molecule has 1 saturated heterocycles. The van der Waals surface area contributed by atoms with Gasteiger partial charge in [-0.05, 0) is 12.8 Å². The Kier molecular flexibility index (Phi) is 4.70. The van der Waals surface area contributed by atoms with E-state index >= 15 is 0 Å². The lowest BCUT2D eigenvalue weighted by Crippen LogP contribution is -2.20. The maximum atomic E-state index is 5.69. The fourth-order valence-corrected chi connectivity index (χ4v) is 1.59. The van der Waals surface area contributed by atoms with Gasteiger partial charge in [0.05, 0.1) is 12.2 Å². The molecule has 14 heavy (non-hydrogen) atoms. The van der Waals surface area contributed by atoms with Gasteiger partial charge in [-0.15, -0.1) is 19.7 Å². The molecule has 1 rings (SSSR count). The molecule has 0 N–H and O–H groups in total. The van der Waals surface area contributed by atoms with E-state index in [9.17, 15) is 0 Å². The summed E-state index contributed by atoms with van der Waals surface area (Å²) in [7, 11) is -0.137. The summed E-state index contributed by atoms with van der Waals surface area (Å²) < 4.78 is 11.4. The van der Waals surface area contributed by atoms with Crippen molar-refractivity contribution in [2.45, 2.75) is 31.4 Å². The molecule has 0 saturated carbocycles. The molecule has 76 valence electrons. The SMILES string of the molecule is C=CCB1O[C@H](CC=C)[C@@H](CC=C)O1. The fourth-order valence-electron chi connectivity index (χ4n) is 1.59. The summed E-state index contributed by atoms with van der Waals surface area (Å²) in [5.41, 5.74) is 0. The first-order chi connectivity index (χ1) is 6.81. The van der Waals surface area contributed by atoms with Crippen LogP contribution in [0.5, 0.6) is 0 Å². The summed E-state index contributed by atoms with van der Waals surface area (Å²) in [4.78, 5) is 0. The third kappa shape index (κ3) is 2.86. The minimum Gasteiger partial charge on any atom is -0.405 e. The molecule has 2 nitrogen and oxygen atoms in total. The molecule has 0 spiro atoms. The van der Waals surface area contributed by atoms with Crippen molar-refractivity contribution in [2.24, 2.45) is 0 Å². The molecule has 0 aromatic carbocycles. The van der Waals surface area contributed by atoms with Gasteiger partial charge in [-0.1, -0.05) is 18.2 Å². The van der Waals surface area contributed by atoms with Crippen molar-refractivity contribution in [3.63, 3.8) is 0 Å². The molecule has 1 heterocycles. The van der Waals surface area contributed by atoms with Crippen LogP contribution in [0.2, 0.25) is 6.32 Å². The molecular formula is C11H17BO2. The number of allylic oxidation sites excluding steroid dienone is 1. The molecule has 0 aromatic rings. The first kappa shape index (κ1) is 11.3. The van der Waals surface area contributed by atoms with Crippen LogP contribution < -0.4 is 0 Å². The van der Waals surface area contributed by atoms with E-state index < -0.39 is 0 Å². The van der Waals surface area contributed by atoms with Crippen molar-refractivity contribution in [3.8, 4) is 0 Å². The molecule has 0 unspecified atom stereocenters. The Morgan fingerprint density at radius 2 is 1.43 bits per heavy atom. The van der Waals surface area contributed by atoms with Gasteiger partial charge in [0.2, 0.25) is 0 Å². The highest BCUT2D eigenvalue weighted by molar-refractivity contribution is 6.45. The largest absolute Gasteiger partial charge is 0.461 e. The monoisotopic (exact) mass is 192 g/mol. The van der Waals surface area contributed by atoms with Crippen molar-refractivity contribution in [1.82, 2.24) is 0 Å². The molecule has 0 bridgehead atoms. The number of hydrogen-bond donors (Lipinski definition) is 0. The summed E-state index contributed by atoms with van der Waals surface area (Å²) in [5.74, 6) is 0. The standard InChI is InChI=1S/C11H17BO2/c1-4-7-10-11(8-5-2)14-12(13-10)9-6-3/h4-6,10-11H,1-3,7-9H2/t10-,11-/m1/s1. The quantitative estimate of drug-likeness (QED) is 0.475. The summed E-state index contributed by atoms with van der Waals surface area (Å²) in [6.45, 7) is 11.1. The van der Waals surface area contributed by atoms with E-state index in [4.69, 9.17) is 9.31 Å². The van der Waals surface area contributed by atoms with Crippen LogP contribution in [0.4, 0.5) is 0 Å². The Labute approximate surface area is 86.4 Å². The van der Waals surface area contributed by atoms with Crippen LogP contribution in [0.1, 0.15) is 12.8 Å². The maximum Gasteiger partial charge on any atom is 0.461 e. The summed E-state index contributed by atoms with van der Waals surface area (Å²) in [6.07, 6.45) is 8.16. The molecule has 0 aliphatic carbocycles. The van der Waals surface area contributed by atoms with E-state index in [2.05, 4.69) is 19.7 Å². The maximum absolute atomic E-state index is 5.69. The summed E-state index contributed by atoms with van der Waals surface area (Å²) in [5, 5.41) is 0. The van der Waals surface area contributed by atoms with E-state index in [0.29, 0.717) is 0 Å². The van der Waals surface area contributed by atoms with Gasteiger partial charge >= 0.3 is 7.12 Å². The van der Waals surface area contributed by atoms with Crippen molar-refractivity contribution in [3.05, 3.63) is 38.0 Å². The third-order valence-corrected chi connectivity index (χ3v) is 2.22. The van der Waals surface area contributed by atoms with E-state index in [1.54, 1.807) is 0 Å². The normalized spacial score (nSPS) is 26.1. The lowest BCUT2D eigenvalue weighted by atomic mass is 9.85. The first-order valence-electron chi connectivity index (χ1n) is 4.95. The summed E-state index contributed by atoms with van der Waals surface area (Å²) in [6, 6.07) is 0. The zero-order valence-corrected chi connectivity index (χ0v) is 8.52. The zero-order valence-electron chi connectivity index (χ0n) is 8.52. The first-order valence-corrected chi connectivity index (χ1v) is 4.95. The second kappa shape index (κ2) is 5.84. The zero-order chi connectivity index (χ0) is 10.4. The average molecular weight is 192 g/mol. The highest BCUT2D eigenvalue weighted by atomic mass is 16.7. The predicted octanol–water partition coefficient (Wildman–Crippen LogP) is 2.60.